The average Bonchev–Trinajstić information content (AvgIpc) is 2.60. The van der Waals surface area contributed by atoms with E-state index < -0.39 is 0 Å². The topological polar surface area (TPSA) is 64.3 Å². The van der Waals surface area contributed by atoms with E-state index in [-0.39, 0.29) is 0 Å². The van der Waals surface area contributed by atoms with Gasteiger partial charge in [0.2, 0.25) is 0 Å². The van der Waals surface area contributed by atoms with Gasteiger partial charge >= 0.3 is 0 Å². The molecule has 3 aliphatic rings. The molecule has 3 fully saturated rings. The van der Waals surface area contributed by atoms with Crippen molar-refractivity contribution < 1.29 is 4.74 Å². The lowest BCUT2D eigenvalue weighted by Gasteiger charge is -2.46. The summed E-state index contributed by atoms with van der Waals surface area (Å²) in [6.07, 6.45) is 11.8. The Bertz CT molecular complexity index is 588. The van der Waals surface area contributed by atoms with Gasteiger partial charge in [-0.3, -0.25) is 0 Å². The highest BCUT2D eigenvalue weighted by atomic mass is 16.5. The van der Waals surface area contributed by atoms with Crippen LogP contribution in [0.15, 0.2) is 6.07 Å². The summed E-state index contributed by atoms with van der Waals surface area (Å²) in [7, 11) is 1.72. The molecule has 0 atom stereocenters. The fraction of sp³-hybridized carbons (Fsp3) is 0.800. The smallest absolute Gasteiger partial charge is 0.156 e. The summed E-state index contributed by atoms with van der Waals surface area (Å²) in [5.74, 6) is 2.43. The lowest BCUT2D eigenvalue weighted by Crippen LogP contribution is -2.45. The molecule has 0 bridgehead atoms. The second kappa shape index (κ2) is 7.20. The summed E-state index contributed by atoms with van der Waals surface area (Å²) >= 11 is 0. The molecule has 5 heteroatoms. The first-order valence-corrected chi connectivity index (χ1v) is 10.0. The molecule has 4 rings (SSSR count). The molecule has 1 aliphatic heterocycles. The van der Waals surface area contributed by atoms with Gasteiger partial charge in [0.1, 0.15) is 12.4 Å². The van der Waals surface area contributed by atoms with Crippen LogP contribution in [0.4, 0.5) is 5.82 Å². The van der Waals surface area contributed by atoms with E-state index in [1.54, 1.807) is 7.11 Å². The molecule has 2 N–H and O–H groups in total. The molecular formula is C20H32N4O. The second-order valence-corrected chi connectivity index (χ2v) is 8.51. The van der Waals surface area contributed by atoms with Crippen molar-refractivity contribution in [3.63, 3.8) is 0 Å². The van der Waals surface area contributed by atoms with Crippen LogP contribution in [0.3, 0.4) is 0 Å². The van der Waals surface area contributed by atoms with Gasteiger partial charge in [0.15, 0.2) is 5.82 Å². The minimum Gasteiger partial charge on any atom is -0.377 e. The largest absolute Gasteiger partial charge is 0.377 e. The molecule has 0 unspecified atom stereocenters. The maximum absolute atomic E-state index is 6.00. The molecule has 2 heterocycles. The average molecular weight is 345 g/mol. The van der Waals surface area contributed by atoms with Crippen molar-refractivity contribution >= 4 is 5.82 Å². The number of anilines is 1. The van der Waals surface area contributed by atoms with Gasteiger partial charge in [0.05, 0.1) is 0 Å². The van der Waals surface area contributed by atoms with Crippen LogP contribution >= 0.6 is 0 Å². The van der Waals surface area contributed by atoms with Crippen LogP contribution in [0.5, 0.6) is 0 Å². The number of rotatable bonds is 4. The zero-order chi connectivity index (χ0) is 17.3. The highest BCUT2D eigenvalue weighted by molar-refractivity contribution is 5.42. The summed E-state index contributed by atoms with van der Waals surface area (Å²) in [5, 5.41) is 0. The van der Waals surface area contributed by atoms with E-state index in [4.69, 9.17) is 20.4 Å². The van der Waals surface area contributed by atoms with E-state index >= 15 is 0 Å². The van der Waals surface area contributed by atoms with Crippen LogP contribution in [-0.4, -0.2) is 36.2 Å². The van der Waals surface area contributed by atoms with Crippen molar-refractivity contribution in [2.45, 2.75) is 76.4 Å². The maximum Gasteiger partial charge on any atom is 0.156 e. The van der Waals surface area contributed by atoms with Crippen molar-refractivity contribution in [2.75, 3.05) is 25.1 Å². The van der Waals surface area contributed by atoms with Crippen molar-refractivity contribution in [2.24, 2.45) is 11.1 Å². The predicted molar refractivity (Wildman–Crippen MR) is 99.7 cm³/mol. The highest BCUT2D eigenvalue weighted by Crippen LogP contribution is 2.44. The number of aromatic nitrogens is 2. The monoisotopic (exact) mass is 344 g/mol. The van der Waals surface area contributed by atoms with Crippen LogP contribution in [0.2, 0.25) is 0 Å². The first-order valence-electron chi connectivity index (χ1n) is 10.0. The van der Waals surface area contributed by atoms with E-state index in [2.05, 4.69) is 11.0 Å². The van der Waals surface area contributed by atoms with Crippen molar-refractivity contribution in [3.05, 3.63) is 17.6 Å². The van der Waals surface area contributed by atoms with Crippen LogP contribution in [0.1, 0.15) is 75.2 Å². The molecule has 1 saturated heterocycles. The Hall–Kier alpha value is -1.20. The summed E-state index contributed by atoms with van der Waals surface area (Å²) in [6.45, 7) is 2.77. The molecule has 1 aromatic heterocycles. The summed E-state index contributed by atoms with van der Waals surface area (Å²) in [6, 6.07) is 2.58. The Morgan fingerprint density at radius 2 is 1.92 bits per heavy atom. The number of ether oxygens (including phenoxy) is 1. The van der Waals surface area contributed by atoms with Gasteiger partial charge in [-0.25, -0.2) is 9.97 Å². The quantitative estimate of drug-likeness (QED) is 0.907. The van der Waals surface area contributed by atoms with Gasteiger partial charge in [0, 0.05) is 43.9 Å². The maximum atomic E-state index is 6.00. The van der Waals surface area contributed by atoms with Gasteiger partial charge < -0.3 is 15.4 Å². The molecule has 0 radical (unpaired) electrons. The molecule has 2 aliphatic carbocycles. The van der Waals surface area contributed by atoms with Crippen molar-refractivity contribution in [1.82, 2.24) is 9.97 Å². The van der Waals surface area contributed by atoms with Gasteiger partial charge in [-0.2, -0.15) is 0 Å². The number of nitrogens with two attached hydrogens (primary N) is 1. The lowest BCUT2D eigenvalue weighted by molar-refractivity contribution is 0.155. The third kappa shape index (κ3) is 3.68. The molecule has 2 saturated carbocycles. The Kier molecular flexibility index (Phi) is 4.96. The van der Waals surface area contributed by atoms with Gasteiger partial charge in [-0.1, -0.05) is 19.3 Å². The molecule has 0 amide bonds. The Morgan fingerprint density at radius 1 is 1.16 bits per heavy atom. The second-order valence-electron chi connectivity index (χ2n) is 8.51. The molecule has 0 aromatic carbocycles. The number of piperidine rings is 1. The van der Waals surface area contributed by atoms with E-state index in [9.17, 15) is 0 Å². The minimum atomic E-state index is 0.342. The van der Waals surface area contributed by atoms with Crippen molar-refractivity contribution in [3.8, 4) is 0 Å². The van der Waals surface area contributed by atoms with E-state index in [1.807, 2.05) is 0 Å². The Balaban J connectivity index is 1.57. The number of nitrogens with zero attached hydrogens (tertiary/aromatic N) is 3. The zero-order valence-corrected chi connectivity index (χ0v) is 15.5. The Morgan fingerprint density at radius 3 is 2.64 bits per heavy atom. The van der Waals surface area contributed by atoms with Crippen LogP contribution in [-0.2, 0) is 11.3 Å². The number of methoxy groups -OCH3 is 1. The predicted octanol–water partition coefficient (Wildman–Crippen LogP) is 3.38. The Labute approximate surface area is 151 Å². The molecule has 5 nitrogen and oxygen atoms in total. The van der Waals surface area contributed by atoms with Crippen LogP contribution in [0.25, 0.3) is 0 Å². The van der Waals surface area contributed by atoms with Crippen LogP contribution < -0.4 is 10.6 Å². The molecular weight excluding hydrogens is 312 g/mol. The number of hydrogen-bond donors (Lipinski definition) is 1. The van der Waals surface area contributed by atoms with Crippen molar-refractivity contribution in [1.29, 1.82) is 0 Å². The van der Waals surface area contributed by atoms with Crippen LogP contribution in [0, 0.1) is 5.41 Å². The van der Waals surface area contributed by atoms with Gasteiger partial charge in [0.25, 0.3) is 0 Å². The van der Waals surface area contributed by atoms with E-state index in [0.717, 1.165) is 31.0 Å². The number of hydrogen-bond acceptors (Lipinski definition) is 5. The third-order valence-electron chi connectivity index (χ3n) is 6.54. The first kappa shape index (κ1) is 17.2. The summed E-state index contributed by atoms with van der Waals surface area (Å²) in [4.78, 5) is 12.1. The molecule has 1 spiro atoms. The first-order chi connectivity index (χ1) is 12.2. The summed E-state index contributed by atoms with van der Waals surface area (Å²) < 4.78 is 5.32. The standard InChI is InChI=1S/C20H32N4O/c1-25-13-18-22-17(15-10-16(21)11-15)12-19(23-18)24-9-5-8-20(14-24)6-3-2-4-7-20/h12,15-16H,2-11,13-14,21H2,1H3. The third-order valence-corrected chi connectivity index (χ3v) is 6.54. The lowest BCUT2D eigenvalue weighted by atomic mass is 9.69. The molecule has 138 valence electrons. The normalized spacial score (nSPS) is 28.8. The minimum absolute atomic E-state index is 0.342. The van der Waals surface area contributed by atoms with Gasteiger partial charge in [-0.05, 0) is 43.9 Å². The fourth-order valence-electron chi connectivity index (χ4n) is 5.08. The SMILES string of the molecule is COCc1nc(C2CC(N)C2)cc(N2CCCC3(CCCCC3)C2)n1. The molecule has 1 aromatic rings. The van der Waals surface area contributed by atoms with E-state index in [1.165, 1.54) is 57.2 Å². The van der Waals surface area contributed by atoms with Gasteiger partial charge in [-0.15, -0.1) is 0 Å². The highest BCUT2D eigenvalue weighted by Gasteiger charge is 2.37. The fourth-order valence-corrected chi connectivity index (χ4v) is 5.08. The molecule has 25 heavy (non-hydrogen) atoms. The zero-order valence-electron chi connectivity index (χ0n) is 15.5. The van der Waals surface area contributed by atoms with E-state index in [0.29, 0.717) is 24.0 Å². The summed E-state index contributed by atoms with van der Waals surface area (Å²) in [5.41, 5.74) is 7.70.